The van der Waals surface area contributed by atoms with Crippen LogP contribution < -0.4 is 5.32 Å². The highest BCUT2D eigenvalue weighted by molar-refractivity contribution is 8.15. The van der Waals surface area contributed by atoms with Crippen molar-refractivity contribution in [3.63, 3.8) is 0 Å². The van der Waals surface area contributed by atoms with Gasteiger partial charge in [-0.05, 0) is 53.9 Å². The molecule has 0 unspecified atom stereocenters. The summed E-state index contributed by atoms with van der Waals surface area (Å²) < 4.78 is 0. The van der Waals surface area contributed by atoms with E-state index >= 15 is 0 Å². The van der Waals surface area contributed by atoms with Crippen LogP contribution >= 0.6 is 23.4 Å². The van der Waals surface area contributed by atoms with Gasteiger partial charge in [0.25, 0.3) is 0 Å². The van der Waals surface area contributed by atoms with Crippen molar-refractivity contribution in [1.29, 1.82) is 0 Å². The molecular weight excluding hydrogens is 346 g/mol. The van der Waals surface area contributed by atoms with E-state index in [1.54, 1.807) is 30.5 Å². The molecule has 1 atom stereocenters. The van der Waals surface area contributed by atoms with E-state index in [1.807, 2.05) is 24.3 Å². The van der Waals surface area contributed by atoms with E-state index in [-0.39, 0.29) is 16.9 Å². The number of hydrogen-bond donors (Lipinski definition) is 2. The van der Waals surface area contributed by atoms with Crippen molar-refractivity contribution in [1.82, 2.24) is 5.32 Å². The summed E-state index contributed by atoms with van der Waals surface area (Å²) in [6.07, 6.45) is 2.17. The zero-order valence-corrected chi connectivity index (χ0v) is 14.1. The third kappa shape index (κ3) is 4.37. The topological polar surface area (TPSA) is 74.0 Å². The van der Waals surface area contributed by atoms with Crippen LogP contribution in [0.15, 0.2) is 58.7 Å². The lowest BCUT2D eigenvalue weighted by Gasteiger charge is -2.05. The Morgan fingerprint density at radius 3 is 2.58 bits per heavy atom. The summed E-state index contributed by atoms with van der Waals surface area (Å²) in [5, 5.41) is 20.9. The summed E-state index contributed by atoms with van der Waals surface area (Å²) >= 11 is 7.22. The molecule has 0 aromatic heterocycles. The number of amidine groups is 1. The van der Waals surface area contributed by atoms with Gasteiger partial charge in [0.05, 0.1) is 11.5 Å². The number of amides is 1. The maximum absolute atomic E-state index is 12.0. The van der Waals surface area contributed by atoms with Crippen LogP contribution in [-0.2, 0) is 11.2 Å². The predicted octanol–water partition coefficient (Wildman–Crippen LogP) is 3.21. The van der Waals surface area contributed by atoms with Gasteiger partial charge in [0.1, 0.15) is 5.75 Å². The fourth-order valence-corrected chi connectivity index (χ4v) is 3.22. The van der Waals surface area contributed by atoms with E-state index in [9.17, 15) is 9.90 Å². The number of hydrogen-bond acceptors (Lipinski definition) is 5. The highest BCUT2D eigenvalue weighted by atomic mass is 35.5. The molecule has 2 aromatic rings. The Hall–Kier alpha value is -2.31. The first-order chi connectivity index (χ1) is 11.6. The maximum atomic E-state index is 12.0. The second-order valence-electron chi connectivity index (χ2n) is 5.17. The number of carbonyl (C=O) groups is 1. The van der Waals surface area contributed by atoms with Crippen molar-refractivity contribution in [2.24, 2.45) is 10.2 Å². The van der Waals surface area contributed by atoms with Crippen LogP contribution in [0, 0.1) is 0 Å². The quantitative estimate of drug-likeness (QED) is 0.650. The van der Waals surface area contributed by atoms with E-state index in [1.165, 1.54) is 11.8 Å². The van der Waals surface area contributed by atoms with Gasteiger partial charge >= 0.3 is 0 Å². The van der Waals surface area contributed by atoms with Gasteiger partial charge < -0.3 is 10.4 Å². The van der Waals surface area contributed by atoms with Gasteiger partial charge in [-0.1, -0.05) is 35.5 Å². The molecule has 2 N–H and O–H groups in total. The lowest BCUT2D eigenvalue weighted by atomic mass is 10.1. The normalized spacial score (nSPS) is 19.1. The average Bonchev–Trinajstić information content (AvgIpc) is 2.91. The van der Waals surface area contributed by atoms with Gasteiger partial charge in [0.2, 0.25) is 5.91 Å². The molecule has 0 spiro atoms. The van der Waals surface area contributed by atoms with Gasteiger partial charge in [-0.15, -0.1) is 5.10 Å². The average molecular weight is 360 g/mol. The second kappa shape index (κ2) is 7.51. The standard InChI is InChI=1S/C17H14ClN3O2S/c18-13-5-1-11(2-6-13)9-15-16(23)20-17(24-15)21-19-10-12-3-7-14(22)8-4-12/h1-8,10,15,22H,9H2,(H,20,21,23)/b19-10-/t15-/m0/s1. The Labute approximate surface area is 148 Å². The Balaban J connectivity index is 1.61. The first-order valence-corrected chi connectivity index (χ1v) is 8.48. The van der Waals surface area contributed by atoms with E-state index in [0.29, 0.717) is 16.6 Å². The summed E-state index contributed by atoms with van der Waals surface area (Å²) in [6.45, 7) is 0. The third-order valence-corrected chi connectivity index (χ3v) is 4.68. The highest BCUT2D eigenvalue weighted by Gasteiger charge is 2.30. The first kappa shape index (κ1) is 16.5. The van der Waals surface area contributed by atoms with Gasteiger partial charge in [0, 0.05) is 5.02 Å². The highest BCUT2D eigenvalue weighted by Crippen LogP contribution is 2.24. The smallest absolute Gasteiger partial charge is 0.239 e. The molecule has 0 radical (unpaired) electrons. The summed E-state index contributed by atoms with van der Waals surface area (Å²) in [5.41, 5.74) is 1.85. The molecule has 7 heteroatoms. The number of carbonyl (C=O) groups excluding carboxylic acids is 1. The van der Waals surface area contributed by atoms with Crippen molar-refractivity contribution < 1.29 is 9.90 Å². The van der Waals surface area contributed by atoms with Crippen molar-refractivity contribution in [3.05, 3.63) is 64.7 Å². The molecule has 1 amide bonds. The Morgan fingerprint density at radius 1 is 1.17 bits per heavy atom. The largest absolute Gasteiger partial charge is 0.508 e. The fourth-order valence-electron chi connectivity index (χ4n) is 2.13. The number of aromatic hydroxyl groups is 1. The summed E-state index contributed by atoms with van der Waals surface area (Å²) in [7, 11) is 0. The molecule has 1 aliphatic rings. The van der Waals surface area contributed by atoms with Gasteiger partial charge in [-0.2, -0.15) is 5.10 Å². The second-order valence-corrected chi connectivity index (χ2v) is 6.80. The van der Waals surface area contributed by atoms with Gasteiger partial charge in [-0.25, -0.2) is 0 Å². The number of phenols is 1. The lowest BCUT2D eigenvalue weighted by molar-refractivity contribution is -0.118. The third-order valence-electron chi connectivity index (χ3n) is 3.36. The van der Waals surface area contributed by atoms with E-state index in [0.717, 1.165) is 11.1 Å². The Kier molecular flexibility index (Phi) is 5.17. The van der Waals surface area contributed by atoms with E-state index in [2.05, 4.69) is 15.5 Å². The number of thioether (sulfide) groups is 1. The van der Waals surface area contributed by atoms with Crippen LogP contribution in [0.25, 0.3) is 0 Å². The molecule has 2 aromatic carbocycles. The van der Waals surface area contributed by atoms with Crippen molar-refractivity contribution >= 4 is 40.7 Å². The number of phenolic OH excluding ortho intramolecular Hbond substituents is 1. The van der Waals surface area contributed by atoms with Gasteiger partial charge in [0.15, 0.2) is 5.17 Å². The maximum Gasteiger partial charge on any atom is 0.239 e. The minimum Gasteiger partial charge on any atom is -0.508 e. The molecule has 0 saturated carbocycles. The molecule has 5 nitrogen and oxygen atoms in total. The minimum absolute atomic E-state index is 0.0754. The molecule has 1 heterocycles. The SMILES string of the molecule is O=C1N/C(=N\N=C/c2ccc(O)cc2)S[C@H]1Cc1ccc(Cl)cc1. The lowest BCUT2D eigenvalue weighted by Crippen LogP contribution is -2.25. The Morgan fingerprint density at radius 2 is 1.88 bits per heavy atom. The molecule has 24 heavy (non-hydrogen) atoms. The molecule has 0 aliphatic carbocycles. The minimum atomic E-state index is -0.228. The molecule has 1 aliphatic heterocycles. The number of nitrogens with zero attached hydrogens (tertiary/aromatic N) is 2. The zero-order chi connectivity index (χ0) is 16.9. The van der Waals surface area contributed by atoms with Gasteiger partial charge in [-0.3, -0.25) is 4.79 Å². The van der Waals surface area contributed by atoms with Crippen LogP contribution in [0.5, 0.6) is 5.75 Å². The van der Waals surface area contributed by atoms with E-state index < -0.39 is 0 Å². The van der Waals surface area contributed by atoms with Crippen LogP contribution in [0.1, 0.15) is 11.1 Å². The van der Waals surface area contributed by atoms with Crippen molar-refractivity contribution in [2.45, 2.75) is 11.7 Å². The number of rotatable bonds is 4. The van der Waals surface area contributed by atoms with Crippen LogP contribution in [0.2, 0.25) is 5.02 Å². The van der Waals surface area contributed by atoms with Crippen molar-refractivity contribution in [2.75, 3.05) is 0 Å². The Bertz CT molecular complexity index is 788. The van der Waals surface area contributed by atoms with Crippen LogP contribution in [0.3, 0.4) is 0 Å². The molecule has 1 fully saturated rings. The molecule has 122 valence electrons. The van der Waals surface area contributed by atoms with Crippen LogP contribution in [-0.4, -0.2) is 27.6 Å². The fraction of sp³-hybridized carbons (Fsp3) is 0.118. The monoisotopic (exact) mass is 359 g/mol. The van der Waals surface area contributed by atoms with Crippen molar-refractivity contribution in [3.8, 4) is 5.75 Å². The predicted molar refractivity (Wildman–Crippen MR) is 97.8 cm³/mol. The first-order valence-electron chi connectivity index (χ1n) is 7.22. The number of benzene rings is 2. The summed E-state index contributed by atoms with van der Waals surface area (Å²) in [5.74, 6) is 0.121. The summed E-state index contributed by atoms with van der Waals surface area (Å²) in [6, 6.07) is 14.0. The van der Waals surface area contributed by atoms with E-state index in [4.69, 9.17) is 11.6 Å². The molecular formula is C17H14ClN3O2S. The molecule has 1 saturated heterocycles. The number of nitrogens with one attached hydrogen (secondary N) is 1. The zero-order valence-electron chi connectivity index (χ0n) is 12.5. The molecule has 0 bridgehead atoms. The summed E-state index contributed by atoms with van der Waals surface area (Å²) in [4.78, 5) is 12.0. The molecule has 3 rings (SSSR count). The van der Waals surface area contributed by atoms with Crippen LogP contribution in [0.4, 0.5) is 0 Å². The number of halogens is 1.